The summed E-state index contributed by atoms with van der Waals surface area (Å²) in [5.41, 5.74) is 8.71. The van der Waals surface area contributed by atoms with Crippen molar-refractivity contribution in [1.29, 1.82) is 0 Å². The Morgan fingerprint density at radius 2 is 1.48 bits per heavy atom. The zero-order valence-electron chi connectivity index (χ0n) is 26.1. The highest BCUT2D eigenvalue weighted by Gasteiger charge is 2.37. The summed E-state index contributed by atoms with van der Waals surface area (Å²) in [6.07, 6.45) is 21.1. The number of carboxylic acid groups (broad SMARTS) is 1. The van der Waals surface area contributed by atoms with Gasteiger partial charge in [0.2, 0.25) is 0 Å². The fourth-order valence-corrected chi connectivity index (χ4v) is 7.28. The largest absolute Gasteiger partial charge is 0.481 e. The van der Waals surface area contributed by atoms with Gasteiger partial charge < -0.3 is 15.9 Å². The van der Waals surface area contributed by atoms with Crippen LogP contribution in [0.4, 0.5) is 0 Å². The van der Waals surface area contributed by atoms with Gasteiger partial charge in [-0.3, -0.25) is 4.79 Å². The first kappa shape index (κ1) is 34.1. The second-order valence-electron chi connectivity index (χ2n) is 12.9. The Bertz CT molecular complexity index is 1000. The number of rotatable bonds is 20. The Kier molecular flexibility index (Phi) is 16.0. The molecule has 0 radical (unpaired) electrons. The van der Waals surface area contributed by atoms with Crippen LogP contribution < -0.4 is 5.73 Å². The van der Waals surface area contributed by atoms with E-state index >= 15 is 0 Å². The van der Waals surface area contributed by atoms with Crippen molar-refractivity contribution < 1.29 is 15.0 Å². The van der Waals surface area contributed by atoms with Crippen LogP contribution >= 0.6 is 0 Å². The molecule has 0 amide bonds. The molecule has 0 spiro atoms. The Morgan fingerprint density at radius 1 is 0.857 bits per heavy atom. The molecule has 1 fully saturated rings. The maximum absolute atomic E-state index is 12.4. The average Bonchev–Trinajstić information content (AvgIpc) is 3.00. The quantitative estimate of drug-likeness (QED) is 0.138. The second-order valence-corrected chi connectivity index (χ2v) is 12.9. The minimum absolute atomic E-state index is 0.118. The lowest BCUT2D eigenvalue weighted by molar-refractivity contribution is -0.149. The summed E-state index contributed by atoms with van der Waals surface area (Å²) in [5, 5.41) is 20.8. The van der Waals surface area contributed by atoms with Gasteiger partial charge in [0.15, 0.2) is 0 Å². The summed E-state index contributed by atoms with van der Waals surface area (Å²) >= 11 is 0. The van der Waals surface area contributed by atoms with Crippen molar-refractivity contribution in [1.82, 2.24) is 0 Å². The summed E-state index contributed by atoms with van der Waals surface area (Å²) in [4.78, 5) is 12.4. The number of aryl methyl sites for hydroxylation is 2. The van der Waals surface area contributed by atoms with Gasteiger partial charge in [-0.2, -0.15) is 0 Å². The maximum atomic E-state index is 12.4. The molecule has 42 heavy (non-hydrogen) atoms. The highest BCUT2D eigenvalue weighted by molar-refractivity contribution is 5.71. The highest BCUT2D eigenvalue weighted by atomic mass is 16.4. The first-order valence-corrected chi connectivity index (χ1v) is 16.8. The predicted molar refractivity (Wildman–Crippen MR) is 175 cm³/mol. The number of aliphatic carboxylic acids is 1. The van der Waals surface area contributed by atoms with E-state index < -0.39 is 18.0 Å². The molecule has 5 atom stereocenters. The van der Waals surface area contributed by atoms with Gasteiger partial charge in [-0.1, -0.05) is 105 Å². The van der Waals surface area contributed by atoms with E-state index in [9.17, 15) is 15.0 Å². The lowest BCUT2D eigenvalue weighted by Gasteiger charge is -2.34. The molecule has 0 saturated heterocycles. The van der Waals surface area contributed by atoms with Gasteiger partial charge in [-0.05, 0) is 112 Å². The molecule has 4 heteroatoms. The monoisotopic (exact) mass is 575 g/mol. The topological polar surface area (TPSA) is 83.5 Å². The van der Waals surface area contributed by atoms with Crippen molar-refractivity contribution in [2.24, 2.45) is 35.3 Å². The van der Waals surface area contributed by atoms with E-state index in [1.807, 2.05) is 18.2 Å². The minimum Gasteiger partial charge on any atom is -0.481 e. The number of hydrogen-bond donors (Lipinski definition) is 3. The van der Waals surface area contributed by atoms with Crippen LogP contribution in [0.5, 0.6) is 0 Å². The lowest BCUT2D eigenvalue weighted by atomic mass is 9.71. The van der Waals surface area contributed by atoms with E-state index in [4.69, 9.17) is 5.73 Å². The van der Waals surface area contributed by atoms with Crippen LogP contribution in [0.2, 0.25) is 0 Å². The molecule has 4 nitrogen and oxygen atoms in total. The Balaban J connectivity index is 1.67. The van der Waals surface area contributed by atoms with E-state index in [0.29, 0.717) is 12.5 Å². The van der Waals surface area contributed by atoms with Crippen LogP contribution in [-0.4, -0.2) is 28.8 Å². The van der Waals surface area contributed by atoms with Crippen LogP contribution in [-0.2, 0) is 17.6 Å². The van der Waals surface area contributed by atoms with E-state index in [2.05, 4.69) is 54.6 Å². The van der Waals surface area contributed by atoms with Gasteiger partial charge in [-0.15, -0.1) is 0 Å². The summed E-state index contributed by atoms with van der Waals surface area (Å²) in [6, 6.07) is 21.0. The lowest BCUT2D eigenvalue weighted by Crippen LogP contribution is -2.38. The van der Waals surface area contributed by atoms with Gasteiger partial charge in [0.1, 0.15) is 0 Å². The molecule has 5 unspecified atom stereocenters. The third-order valence-electron chi connectivity index (χ3n) is 9.75. The van der Waals surface area contributed by atoms with Crippen molar-refractivity contribution >= 4 is 5.97 Å². The Labute approximate surface area is 255 Å². The maximum Gasteiger partial charge on any atom is 0.309 e. The number of aliphatic hydroxyl groups excluding tert-OH is 1. The van der Waals surface area contributed by atoms with Gasteiger partial charge in [0, 0.05) is 0 Å². The third-order valence-corrected chi connectivity index (χ3v) is 9.75. The van der Waals surface area contributed by atoms with Crippen molar-refractivity contribution in [3.8, 4) is 0 Å². The summed E-state index contributed by atoms with van der Waals surface area (Å²) < 4.78 is 0. The molecule has 3 rings (SSSR count). The summed E-state index contributed by atoms with van der Waals surface area (Å²) in [7, 11) is 0. The Hall–Kier alpha value is -2.43. The molecule has 232 valence electrons. The zero-order valence-corrected chi connectivity index (χ0v) is 26.1. The molecule has 1 saturated carbocycles. The number of allylic oxidation sites excluding steroid dienone is 2. The molecule has 1 aliphatic rings. The van der Waals surface area contributed by atoms with Crippen molar-refractivity contribution in [2.45, 2.75) is 109 Å². The predicted octanol–water partition coefficient (Wildman–Crippen LogP) is 8.62. The van der Waals surface area contributed by atoms with E-state index in [1.165, 1.54) is 56.1 Å². The van der Waals surface area contributed by atoms with Crippen molar-refractivity contribution in [3.63, 3.8) is 0 Å². The van der Waals surface area contributed by atoms with Crippen LogP contribution in [0.3, 0.4) is 0 Å². The highest BCUT2D eigenvalue weighted by Crippen LogP contribution is 2.36. The smallest absolute Gasteiger partial charge is 0.309 e. The molecule has 4 N–H and O–H groups in total. The molecule has 0 heterocycles. The molecule has 0 bridgehead atoms. The van der Waals surface area contributed by atoms with Gasteiger partial charge in [0.25, 0.3) is 0 Å². The number of nitrogens with two attached hydrogens (primary N) is 1. The number of benzene rings is 2. The van der Waals surface area contributed by atoms with Gasteiger partial charge in [-0.25, -0.2) is 0 Å². The second kappa shape index (κ2) is 19.7. The number of hydrogen-bond acceptors (Lipinski definition) is 3. The average molecular weight is 576 g/mol. The molecule has 2 aromatic rings. The standard InChI is InChI=1S/C38H57NO3/c1-30(40)37(38(41)42)36(27-25-33-19-11-5-12-20-33)35(28-29-39)26-24-34(23-22-32-17-9-4-10-18-32)21-13-3-8-16-31-14-6-2-7-15-31/h3-5,9-13,17-20,30-31,34-37,40H,2,6-8,14-16,21-29,39H2,1H3,(H,41,42). The fraction of sp³-hybridized carbons (Fsp3) is 0.605. The van der Waals surface area contributed by atoms with E-state index in [1.54, 1.807) is 6.92 Å². The Morgan fingerprint density at radius 3 is 2.05 bits per heavy atom. The van der Waals surface area contributed by atoms with Crippen LogP contribution in [0.1, 0.15) is 102 Å². The molecule has 1 aliphatic carbocycles. The fourth-order valence-electron chi connectivity index (χ4n) is 7.28. The SMILES string of the molecule is CC(O)C(C(=O)O)C(CCc1ccccc1)C(CCN)CCC(CC=CCCC1CCCCC1)CCc1ccccc1. The minimum atomic E-state index is -0.899. The van der Waals surface area contributed by atoms with Crippen molar-refractivity contribution in [3.05, 3.63) is 83.9 Å². The van der Waals surface area contributed by atoms with Crippen LogP contribution in [0.15, 0.2) is 72.8 Å². The van der Waals surface area contributed by atoms with Gasteiger partial charge >= 0.3 is 5.97 Å². The van der Waals surface area contributed by atoms with E-state index in [-0.39, 0.29) is 11.8 Å². The third kappa shape index (κ3) is 12.4. The molecule has 0 aromatic heterocycles. The number of carboxylic acids is 1. The van der Waals surface area contributed by atoms with Gasteiger partial charge in [0.05, 0.1) is 12.0 Å². The number of carbonyl (C=O) groups is 1. The normalized spacial score (nSPS) is 18.0. The van der Waals surface area contributed by atoms with Crippen molar-refractivity contribution in [2.75, 3.05) is 6.54 Å². The van der Waals surface area contributed by atoms with Crippen LogP contribution in [0, 0.1) is 29.6 Å². The zero-order chi connectivity index (χ0) is 30.0. The number of aliphatic hydroxyl groups is 1. The van der Waals surface area contributed by atoms with E-state index in [0.717, 1.165) is 57.3 Å². The molecular formula is C38H57NO3. The van der Waals surface area contributed by atoms with Crippen LogP contribution in [0.25, 0.3) is 0 Å². The molecule has 2 aromatic carbocycles. The summed E-state index contributed by atoms with van der Waals surface area (Å²) in [5.74, 6) is -0.172. The summed E-state index contributed by atoms with van der Waals surface area (Å²) in [6.45, 7) is 2.17. The first-order valence-electron chi connectivity index (χ1n) is 16.8. The molecule has 0 aliphatic heterocycles. The molecular weight excluding hydrogens is 518 g/mol. The first-order chi connectivity index (χ1) is 20.5.